The Hall–Kier alpha value is -1.53. The molecule has 1 aliphatic rings. The quantitative estimate of drug-likeness (QED) is 0.662. The largest absolute Gasteiger partial charge is 0.439 e. The van der Waals surface area contributed by atoms with Gasteiger partial charge in [-0.05, 0) is 30.7 Å². The number of hydrogen-bond donors (Lipinski definition) is 0. The summed E-state index contributed by atoms with van der Waals surface area (Å²) in [5.74, 6) is 0.722. The molecule has 1 atom stereocenters. The molecule has 0 amide bonds. The van der Waals surface area contributed by atoms with Gasteiger partial charge in [-0.3, -0.25) is 4.57 Å². The number of hydrogen-bond acceptors (Lipinski definition) is 2. The van der Waals surface area contributed by atoms with E-state index in [1.54, 1.807) is 6.66 Å². The van der Waals surface area contributed by atoms with E-state index < -0.39 is 7.37 Å². The Morgan fingerprint density at radius 2 is 1.82 bits per heavy atom. The van der Waals surface area contributed by atoms with Gasteiger partial charge in [0.15, 0.2) is 0 Å². The van der Waals surface area contributed by atoms with Crippen LogP contribution in [0.3, 0.4) is 0 Å². The van der Waals surface area contributed by atoms with Crippen molar-refractivity contribution in [2.75, 3.05) is 6.66 Å². The fourth-order valence-electron chi connectivity index (χ4n) is 2.23. The summed E-state index contributed by atoms with van der Waals surface area (Å²) in [5, 5.41) is 0.818. The third-order valence-corrected chi connectivity index (χ3v) is 4.85. The van der Waals surface area contributed by atoms with Crippen molar-refractivity contribution < 1.29 is 9.09 Å². The lowest BCUT2D eigenvalue weighted by atomic mass is 10.0. The third kappa shape index (κ3) is 1.60. The smallest absolute Gasteiger partial charge is 0.274 e. The maximum Gasteiger partial charge on any atom is 0.274 e. The van der Waals surface area contributed by atoms with Crippen molar-refractivity contribution in [2.24, 2.45) is 0 Å². The van der Waals surface area contributed by atoms with Gasteiger partial charge in [0.05, 0.1) is 5.30 Å². The lowest BCUT2D eigenvalue weighted by molar-refractivity contribution is 0.497. The molecule has 0 aliphatic carbocycles. The summed E-state index contributed by atoms with van der Waals surface area (Å²) in [6.45, 7) is 3.72. The molecule has 0 aromatic heterocycles. The van der Waals surface area contributed by atoms with Crippen molar-refractivity contribution in [3.05, 3.63) is 48.0 Å². The highest BCUT2D eigenvalue weighted by Gasteiger charge is 2.31. The highest BCUT2D eigenvalue weighted by molar-refractivity contribution is 7.67. The minimum absolute atomic E-state index is 0.722. The summed E-state index contributed by atoms with van der Waals surface area (Å²) in [7, 11) is -2.72. The molecular formula is C14H13O2P. The van der Waals surface area contributed by atoms with Crippen LogP contribution >= 0.6 is 7.37 Å². The van der Waals surface area contributed by atoms with E-state index in [-0.39, 0.29) is 0 Å². The predicted molar refractivity (Wildman–Crippen MR) is 70.4 cm³/mol. The molecule has 3 heteroatoms. The Morgan fingerprint density at radius 3 is 2.65 bits per heavy atom. The molecule has 1 heterocycles. The van der Waals surface area contributed by atoms with E-state index in [1.807, 2.05) is 43.3 Å². The van der Waals surface area contributed by atoms with E-state index in [0.29, 0.717) is 0 Å². The van der Waals surface area contributed by atoms with Crippen molar-refractivity contribution in [3.63, 3.8) is 0 Å². The maximum atomic E-state index is 12.5. The normalized spacial score (nSPS) is 21.3. The monoisotopic (exact) mass is 244 g/mol. The van der Waals surface area contributed by atoms with Crippen molar-refractivity contribution in [3.8, 4) is 16.9 Å². The average molecular weight is 244 g/mol. The molecule has 2 nitrogen and oxygen atoms in total. The molecule has 0 N–H and O–H groups in total. The van der Waals surface area contributed by atoms with E-state index in [2.05, 4.69) is 6.07 Å². The van der Waals surface area contributed by atoms with Gasteiger partial charge < -0.3 is 4.52 Å². The minimum Gasteiger partial charge on any atom is -0.439 e. The van der Waals surface area contributed by atoms with Crippen molar-refractivity contribution in [2.45, 2.75) is 6.92 Å². The zero-order chi connectivity index (χ0) is 12.0. The standard InChI is InChI=1S/C14H13O2P/c1-10-7-8-13-12(9-10)11-5-3-4-6-14(11)17(2,15)16-13/h3-9H,1-2H3. The van der Waals surface area contributed by atoms with Gasteiger partial charge in [0.2, 0.25) is 0 Å². The highest BCUT2D eigenvalue weighted by atomic mass is 31.2. The molecule has 0 saturated heterocycles. The first kappa shape index (κ1) is 10.6. The molecule has 2 aromatic carbocycles. The van der Waals surface area contributed by atoms with Gasteiger partial charge in [0, 0.05) is 12.2 Å². The second-order valence-corrected chi connectivity index (χ2v) is 6.81. The summed E-state index contributed by atoms with van der Waals surface area (Å²) in [5.41, 5.74) is 3.24. The first-order valence-corrected chi connectivity index (χ1v) is 7.63. The fraction of sp³-hybridized carbons (Fsp3) is 0.143. The highest BCUT2D eigenvalue weighted by Crippen LogP contribution is 2.51. The second-order valence-electron chi connectivity index (χ2n) is 4.45. The summed E-state index contributed by atoms with van der Waals surface area (Å²) in [6, 6.07) is 13.7. The maximum absolute atomic E-state index is 12.5. The van der Waals surface area contributed by atoms with Crippen molar-refractivity contribution in [1.29, 1.82) is 0 Å². The summed E-state index contributed by atoms with van der Waals surface area (Å²) >= 11 is 0. The molecule has 0 spiro atoms. The first-order chi connectivity index (χ1) is 8.08. The van der Waals surface area contributed by atoms with Crippen LogP contribution in [0.1, 0.15) is 5.56 Å². The lowest BCUT2D eigenvalue weighted by Crippen LogP contribution is -2.16. The predicted octanol–water partition coefficient (Wildman–Crippen LogP) is 3.59. The van der Waals surface area contributed by atoms with Crippen LogP contribution < -0.4 is 9.83 Å². The van der Waals surface area contributed by atoms with Gasteiger partial charge in [0.1, 0.15) is 5.75 Å². The molecule has 0 saturated carbocycles. The Bertz CT molecular complexity index is 646. The molecule has 1 aliphatic heterocycles. The fourth-order valence-corrected chi connectivity index (χ4v) is 3.85. The van der Waals surface area contributed by atoms with Gasteiger partial charge in [-0.2, -0.15) is 0 Å². The number of aryl methyl sites for hydroxylation is 1. The Labute approximate surface area is 101 Å². The zero-order valence-corrected chi connectivity index (χ0v) is 10.7. The second kappa shape index (κ2) is 3.48. The molecular weight excluding hydrogens is 231 g/mol. The number of benzene rings is 2. The van der Waals surface area contributed by atoms with Crippen LogP contribution in [0.15, 0.2) is 42.5 Å². The topological polar surface area (TPSA) is 26.3 Å². The molecule has 17 heavy (non-hydrogen) atoms. The van der Waals surface area contributed by atoms with Crippen LogP contribution in [0.4, 0.5) is 0 Å². The molecule has 0 fully saturated rings. The van der Waals surface area contributed by atoms with Crippen molar-refractivity contribution >= 4 is 12.7 Å². The van der Waals surface area contributed by atoms with Gasteiger partial charge in [-0.25, -0.2) is 0 Å². The van der Waals surface area contributed by atoms with E-state index in [9.17, 15) is 4.57 Å². The Morgan fingerprint density at radius 1 is 1.06 bits per heavy atom. The summed E-state index contributed by atoms with van der Waals surface area (Å²) < 4.78 is 18.1. The molecule has 86 valence electrons. The number of fused-ring (bicyclic) bond motifs is 3. The van der Waals surface area contributed by atoms with Crippen molar-refractivity contribution in [1.82, 2.24) is 0 Å². The summed E-state index contributed by atoms with van der Waals surface area (Å²) in [6.07, 6.45) is 0. The van der Waals surface area contributed by atoms with Crippen LogP contribution in [0.25, 0.3) is 11.1 Å². The minimum atomic E-state index is -2.72. The summed E-state index contributed by atoms with van der Waals surface area (Å²) in [4.78, 5) is 0. The van der Waals surface area contributed by atoms with Gasteiger partial charge in [-0.15, -0.1) is 0 Å². The van der Waals surface area contributed by atoms with Crippen LogP contribution in [0, 0.1) is 6.92 Å². The van der Waals surface area contributed by atoms with Gasteiger partial charge in [-0.1, -0.05) is 29.8 Å². The van der Waals surface area contributed by atoms with Gasteiger partial charge >= 0.3 is 0 Å². The molecule has 3 rings (SSSR count). The molecule has 0 bridgehead atoms. The average Bonchev–Trinajstić information content (AvgIpc) is 2.30. The SMILES string of the molecule is Cc1ccc2c(c1)-c1ccccc1P(C)(=O)O2. The van der Waals surface area contributed by atoms with Gasteiger partial charge in [0.25, 0.3) is 7.37 Å². The van der Waals surface area contributed by atoms with Crippen LogP contribution in [-0.2, 0) is 4.57 Å². The van der Waals surface area contributed by atoms with Crippen LogP contribution in [0.5, 0.6) is 5.75 Å². The number of rotatable bonds is 0. The van der Waals surface area contributed by atoms with E-state index in [1.165, 1.54) is 5.56 Å². The molecule has 0 radical (unpaired) electrons. The first-order valence-electron chi connectivity index (χ1n) is 5.56. The van der Waals surface area contributed by atoms with E-state index in [0.717, 1.165) is 22.2 Å². The Kier molecular flexibility index (Phi) is 2.17. The molecule has 1 unspecified atom stereocenters. The Balaban J connectivity index is 2.36. The zero-order valence-electron chi connectivity index (χ0n) is 9.81. The van der Waals surface area contributed by atoms with Crippen LogP contribution in [0.2, 0.25) is 0 Å². The third-order valence-electron chi connectivity index (χ3n) is 3.04. The van der Waals surface area contributed by atoms with E-state index in [4.69, 9.17) is 4.52 Å². The van der Waals surface area contributed by atoms with E-state index >= 15 is 0 Å². The lowest BCUT2D eigenvalue weighted by Gasteiger charge is -2.26. The van der Waals surface area contributed by atoms with Crippen LogP contribution in [-0.4, -0.2) is 6.66 Å². The molecule has 2 aromatic rings.